The van der Waals surface area contributed by atoms with E-state index in [-0.39, 0.29) is 12.4 Å². The SMILES string of the molecule is COc1ccc(OCc2nnc(SCC(=O)O)n2-c2ccc(C)cc2)cc1. The molecule has 0 unspecified atom stereocenters. The summed E-state index contributed by atoms with van der Waals surface area (Å²) >= 11 is 1.12. The van der Waals surface area contributed by atoms with Crippen LogP contribution in [0.1, 0.15) is 11.4 Å². The van der Waals surface area contributed by atoms with Crippen LogP contribution in [0.4, 0.5) is 0 Å². The van der Waals surface area contributed by atoms with Crippen LogP contribution in [0, 0.1) is 6.92 Å². The fraction of sp³-hybridized carbons (Fsp3) is 0.211. The summed E-state index contributed by atoms with van der Waals surface area (Å²) in [5.41, 5.74) is 1.98. The quantitative estimate of drug-likeness (QED) is 0.595. The van der Waals surface area contributed by atoms with Crippen LogP contribution in [0.5, 0.6) is 11.5 Å². The Morgan fingerprint density at radius 2 is 1.74 bits per heavy atom. The number of benzene rings is 2. The Kier molecular flexibility index (Phi) is 5.97. The maximum absolute atomic E-state index is 10.9. The van der Waals surface area contributed by atoms with Crippen molar-refractivity contribution in [1.29, 1.82) is 0 Å². The predicted octanol–water partition coefficient (Wildman–Crippen LogP) is 3.34. The molecule has 27 heavy (non-hydrogen) atoms. The molecule has 0 amide bonds. The van der Waals surface area contributed by atoms with Crippen LogP contribution in [-0.4, -0.2) is 38.7 Å². The Hall–Kier alpha value is -3.00. The first kappa shape index (κ1) is 18.8. The van der Waals surface area contributed by atoms with Crippen molar-refractivity contribution in [2.24, 2.45) is 0 Å². The van der Waals surface area contributed by atoms with E-state index in [9.17, 15) is 4.79 Å². The van der Waals surface area contributed by atoms with Crippen LogP contribution < -0.4 is 9.47 Å². The zero-order valence-corrected chi connectivity index (χ0v) is 15.8. The molecule has 8 heteroatoms. The second kappa shape index (κ2) is 8.59. The molecule has 0 saturated carbocycles. The predicted molar refractivity (Wildman–Crippen MR) is 102 cm³/mol. The normalized spacial score (nSPS) is 10.6. The molecule has 0 aliphatic carbocycles. The summed E-state index contributed by atoms with van der Waals surface area (Å²) < 4.78 is 12.8. The molecule has 3 rings (SSSR count). The molecule has 7 nitrogen and oxygen atoms in total. The first-order valence-corrected chi connectivity index (χ1v) is 9.18. The Balaban J connectivity index is 1.84. The minimum absolute atomic E-state index is 0.0939. The Bertz CT molecular complexity index is 908. The van der Waals surface area contributed by atoms with E-state index in [0.29, 0.717) is 16.7 Å². The number of hydrogen-bond acceptors (Lipinski definition) is 6. The van der Waals surface area contributed by atoms with Gasteiger partial charge in [0.1, 0.15) is 18.1 Å². The molecule has 1 heterocycles. The minimum Gasteiger partial charge on any atom is -0.497 e. The maximum Gasteiger partial charge on any atom is 0.313 e. The van der Waals surface area contributed by atoms with Gasteiger partial charge < -0.3 is 14.6 Å². The van der Waals surface area contributed by atoms with E-state index in [1.54, 1.807) is 7.11 Å². The summed E-state index contributed by atoms with van der Waals surface area (Å²) in [6.45, 7) is 2.20. The summed E-state index contributed by atoms with van der Waals surface area (Å²) in [6.07, 6.45) is 0. The zero-order chi connectivity index (χ0) is 19.2. The molecule has 0 bridgehead atoms. The fourth-order valence-electron chi connectivity index (χ4n) is 2.39. The molecule has 0 spiro atoms. The molecule has 140 valence electrons. The summed E-state index contributed by atoms with van der Waals surface area (Å²) in [6, 6.07) is 15.1. The first-order valence-electron chi connectivity index (χ1n) is 8.19. The highest BCUT2D eigenvalue weighted by Crippen LogP contribution is 2.24. The lowest BCUT2D eigenvalue weighted by atomic mass is 10.2. The van der Waals surface area contributed by atoms with Crippen LogP contribution in [0.25, 0.3) is 5.69 Å². The first-order chi connectivity index (χ1) is 13.1. The smallest absolute Gasteiger partial charge is 0.313 e. The number of ether oxygens (including phenoxy) is 2. The number of nitrogens with zero attached hydrogens (tertiary/aromatic N) is 3. The topological polar surface area (TPSA) is 86.5 Å². The molecular formula is C19H19N3O4S. The van der Waals surface area contributed by atoms with Gasteiger partial charge in [0, 0.05) is 5.69 Å². The van der Waals surface area contributed by atoms with Gasteiger partial charge in [-0.3, -0.25) is 9.36 Å². The molecule has 0 saturated heterocycles. The summed E-state index contributed by atoms with van der Waals surface area (Å²) in [5.74, 6) is 1.01. The number of hydrogen-bond donors (Lipinski definition) is 1. The van der Waals surface area contributed by atoms with Crippen molar-refractivity contribution in [2.75, 3.05) is 12.9 Å². The Morgan fingerprint density at radius 3 is 2.37 bits per heavy atom. The third-order valence-corrected chi connectivity index (χ3v) is 4.66. The lowest BCUT2D eigenvalue weighted by molar-refractivity contribution is -0.133. The van der Waals surface area contributed by atoms with Gasteiger partial charge in [-0.2, -0.15) is 0 Å². The van der Waals surface area contributed by atoms with E-state index in [4.69, 9.17) is 14.6 Å². The average Bonchev–Trinajstić information content (AvgIpc) is 3.08. The van der Waals surface area contributed by atoms with Gasteiger partial charge in [-0.1, -0.05) is 29.5 Å². The van der Waals surface area contributed by atoms with Gasteiger partial charge in [0.25, 0.3) is 0 Å². The standard InChI is InChI=1S/C19H19N3O4S/c1-13-3-5-14(6-4-13)22-17(20-21-19(22)27-12-18(23)24)11-26-16-9-7-15(25-2)8-10-16/h3-10H,11-12H2,1-2H3,(H,23,24). The van der Waals surface area contributed by atoms with E-state index >= 15 is 0 Å². The van der Waals surface area contributed by atoms with Crippen molar-refractivity contribution in [3.63, 3.8) is 0 Å². The number of aryl methyl sites for hydroxylation is 1. The average molecular weight is 385 g/mol. The molecular weight excluding hydrogens is 366 g/mol. The van der Waals surface area contributed by atoms with Crippen molar-refractivity contribution in [3.05, 3.63) is 59.9 Å². The van der Waals surface area contributed by atoms with E-state index in [2.05, 4.69) is 10.2 Å². The number of carbonyl (C=O) groups is 1. The lowest BCUT2D eigenvalue weighted by Gasteiger charge is -2.11. The van der Waals surface area contributed by atoms with Crippen LogP contribution in [0.3, 0.4) is 0 Å². The number of aromatic nitrogens is 3. The van der Waals surface area contributed by atoms with Gasteiger partial charge >= 0.3 is 5.97 Å². The van der Waals surface area contributed by atoms with Crippen molar-refractivity contribution in [2.45, 2.75) is 18.7 Å². The van der Waals surface area contributed by atoms with Crippen LogP contribution >= 0.6 is 11.8 Å². The van der Waals surface area contributed by atoms with Gasteiger partial charge in [0.2, 0.25) is 0 Å². The second-order valence-corrected chi connectivity index (χ2v) is 6.66. The van der Waals surface area contributed by atoms with Crippen molar-refractivity contribution < 1.29 is 19.4 Å². The minimum atomic E-state index is -0.908. The van der Waals surface area contributed by atoms with Gasteiger partial charge in [0.15, 0.2) is 11.0 Å². The van der Waals surface area contributed by atoms with E-state index in [0.717, 1.165) is 28.8 Å². The van der Waals surface area contributed by atoms with Crippen LogP contribution in [0.2, 0.25) is 0 Å². The number of aliphatic carboxylic acids is 1. The van der Waals surface area contributed by atoms with Gasteiger partial charge in [0.05, 0.1) is 12.9 Å². The highest BCUT2D eigenvalue weighted by Gasteiger charge is 2.16. The van der Waals surface area contributed by atoms with Gasteiger partial charge in [-0.05, 0) is 43.3 Å². The number of rotatable bonds is 8. The molecule has 0 aliphatic heterocycles. The Labute approximate surface area is 161 Å². The third kappa shape index (κ3) is 4.79. The molecule has 3 aromatic rings. The van der Waals surface area contributed by atoms with Crippen molar-refractivity contribution >= 4 is 17.7 Å². The fourth-order valence-corrected chi connectivity index (χ4v) is 3.08. The molecule has 1 N–H and O–H groups in total. The number of carboxylic acids is 1. The molecule has 0 atom stereocenters. The molecule has 0 fully saturated rings. The van der Waals surface area contributed by atoms with Crippen molar-refractivity contribution in [1.82, 2.24) is 14.8 Å². The van der Waals surface area contributed by atoms with E-state index in [1.807, 2.05) is 60.0 Å². The lowest BCUT2D eigenvalue weighted by Crippen LogP contribution is -2.07. The second-order valence-electron chi connectivity index (χ2n) is 5.72. The van der Waals surface area contributed by atoms with E-state index in [1.165, 1.54) is 0 Å². The Morgan fingerprint density at radius 1 is 1.07 bits per heavy atom. The monoisotopic (exact) mass is 385 g/mol. The van der Waals surface area contributed by atoms with Crippen LogP contribution in [-0.2, 0) is 11.4 Å². The number of thioether (sulfide) groups is 1. The highest BCUT2D eigenvalue weighted by molar-refractivity contribution is 7.99. The van der Waals surface area contributed by atoms with Gasteiger partial charge in [-0.15, -0.1) is 10.2 Å². The molecule has 1 aromatic heterocycles. The van der Waals surface area contributed by atoms with Crippen molar-refractivity contribution in [3.8, 4) is 17.2 Å². The maximum atomic E-state index is 10.9. The summed E-state index contributed by atoms with van der Waals surface area (Å²) in [5, 5.41) is 17.8. The molecule has 0 aliphatic rings. The highest BCUT2D eigenvalue weighted by atomic mass is 32.2. The number of carboxylic acid groups (broad SMARTS) is 1. The molecule has 0 radical (unpaired) electrons. The summed E-state index contributed by atoms with van der Waals surface area (Å²) in [7, 11) is 1.61. The third-order valence-electron chi connectivity index (χ3n) is 3.74. The zero-order valence-electron chi connectivity index (χ0n) is 15.0. The van der Waals surface area contributed by atoms with Crippen LogP contribution in [0.15, 0.2) is 53.7 Å². The molecule has 2 aromatic carbocycles. The summed E-state index contributed by atoms with van der Waals surface area (Å²) in [4.78, 5) is 10.9. The largest absolute Gasteiger partial charge is 0.497 e. The van der Waals surface area contributed by atoms with Gasteiger partial charge in [-0.25, -0.2) is 0 Å². The van der Waals surface area contributed by atoms with E-state index < -0.39 is 5.97 Å². The number of methoxy groups -OCH3 is 1.